The normalized spacial score (nSPS) is 11.6. The molecule has 0 spiro atoms. The lowest BCUT2D eigenvalue weighted by Crippen LogP contribution is -2.15. The molecule has 25 heavy (non-hydrogen) atoms. The molecule has 3 rings (SSSR count). The van der Waals surface area contributed by atoms with Crippen molar-refractivity contribution in [3.63, 3.8) is 0 Å². The van der Waals surface area contributed by atoms with Crippen molar-refractivity contribution in [1.82, 2.24) is 0 Å². The number of sulfone groups is 1. The molecular formula is C18H16FNO4S. The maximum atomic E-state index is 13.4. The van der Waals surface area contributed by atoms with Gasteiger partial charge in [-0.2, -0.15) is 0 Å². The SMILES string of the molecule is CCS(=O)(=O)c1ccccc1NC(=O)c1oc2ccc(F)cc2c1C. The van der Waals surface area contributed by atoms with E-state index >= 15 is 0 Å². The second-order valence-corrected chi connectivity index (χ2v) is 7.80. The van der Waals surface area contributed by atoms with Crippen LogP contribution < -0.4 is 5.32 Å². The highest BCUT2D eigenvalue weighted by atomic mass is 32.2. The predicted octanol–water partition coefficient (Wildman–Crippen LogP) is 3.93. The molecule has 0 unspecified atom stereocenters. The van der Waals surface area contributed by atoms with Crippen molar-refractivity contribution in [2.45, 2.75) is 18.7 Å². The molecule has 5 nitrogen and oxygen atoms in total. The fraction of sp³-hybridized carbons (Fsp3) is 0.167. The van der Waals surface area contributed by atoms with E-state index in [1.807, 2.05) is 0 Å². The number of hydrogen-bond acceptors (Lipinski definition) is 4. The Morgan fingerprint density at radius 3 is 2.64 bits per heavy atom. The van der Waals surface area contributed by atoms with Gasteiger partial charge in [-0.3, -0.25) is 4.79 Å². The number of para-hydroxylation sites is 1. The quantitative estimate of drug-likeness (QED) is 0.764. The van der Waals surface area contributed by atoms with Gasteiger partial charge in [0.15, 0.2) is 15.6 Å². The number of carbonyl (C=O) groups is 1. The highest BCUT2D eigenvalue weighted by Gasteiger charge is 2.22. The third-order valence-electron chi connectivity index (χ3n) is 3.95. The first-order valence-electron chi connectivity index (χ1n) is 7.65. The van der Waals surface area contributed by atoms with Crippen LogP contribution in [-0.4, -0.2) is 20.1 Å². The summed E-state index contributed by atoms with van der Waals surface area (Å²) >= 11 is 0. The van der Waals surface area contributed by atoms with E-state index in [1.165, 1.54) is 37.3 Å². The molecule has 1 heterocycles. The van der Waals surface area contributed by atoms with Gasteiger partial charge in [-0.25, -0.2) is 12.8 Å². The van der Waals surface area contributed by atoms with E-state index in [1.54, 1.807) is 19.1 Å². The molecule has 0 saturated heterocycles. The average molecular weight is 361 g/mol. The number of furan rings is 1. The van der Waals surface area contributed by atoms with Gasteiger partial charge in [0.25, 0.3) is 5.91 Å². The molecule has 0 aliphatic heterocycles. The van der Waals surface area contributed by atoms with Crippen molar-refractivity contribution in [3.05, 3.63) is 59.6 Å². The van der Waals surface area contributed by atoms with E-state index in [9.17, 15) is 17.6 Å². The molecule has 0 aliphatic carbocycles. The van der Waals surface area contributed by atoms with Crippen LogP contribution in [0.5, 0.6) is 0 Å². The van der Waals surface area contributed by atoms with Crippen molar-refractivity contribution >= 4 is 32.4 Å². The van der Waals surface area contributed by atoms with E-state index in [0.29, 0.717) is 16.5 Å². The first kappa shape index (κ1) is 17.2. The summed E-state index contributed by atoms with van der Waals surface area (Å²) in [5.41, 5.74) is 1.06. The van der Waals surface area contributed by atoms with Gasteiger partial charge < -0.3 is 9.73 Å². The Labute approximate surface area is 144 Å². The molecule has 1 amide bonds. The first-order chi connectivity index (χ1) is 11.8. The zero-order chi connectivity index (χ0) is 18.2. The number of benzene rings is 2. The molecule has 0 bridgehead atoms. The minimum atomic E-state index is -3.49. The summed E-state index contributed by atoms with van der Waals surface area (Å²) in [6.45, 7) is 3.18. The zero-order valence-corrected chi connectivity index (χ0v) is 14.5. The molecule has 0 radical (unpaired) electrons. The number of nitrogens with one attached hydrogen (secondary N) is 1. The van der Waals surface area contributed by atoms with Gasteiger partial charge in [-0.05, 0) is 37.3 Å². The van der Waals surface area contributed by atoms with Crippen LogP contribution in [-0.2, 0) is 9.84 Å². The Kier molecular flexibility index (Phi) is 4.34. The lowest BCUT2D eigenvalue weighted by atomic mass is 10.1. The molecule has 1 N–H and O–H groups in total. The van der Waals surface area contributed by atoms with Crippen LogP contribution in [0.15, 0.2) is 51.8 Å². The maximum Gasteiger partial charge on any atom is 0.291 e. The number of fused-ring (bicyclic) bond motifs is 1. The number of amides is 1. The average Bonchev–Trinajstić information content (AvgIpc) is 2.92. The van der Waals surface area contributed by atoms with Gasteiger partial charge >= 0.3 is 0 Å². The van der Waals surface area contributed by atoms with Crippen LogP contribution >= 0.6 is 0 Å². The molecule has 1 aromatic heterocycles. The van der Waals surface area contributed by atoms with Gasteiger partial charge in [0.05, 0.1) is 16.3 Å². The largest absolute Gasteiger partial charge is 0.451 e. The minimum Gasteiger partial charge on any atom is -0.451 e. The zero-order valence-electron chi connectivity index (χ0n) is 13.7. The summed E-state index contributed by atoms with van der Waals surface area (Å²) < 4.78 is 43.2. The third kappa shape index (κ3) is 3.15. The lowest BCUT2D eigenvalue weighted by Gasteiger charge is -2.10. The fourth-order valence-electron chi connectivity index (χ4n) is 2.59. The molecule has 0 saturated carbocycles. The molecular weight excluding hydrogens is 345 g/mol. The number of halogens is 1. The fourth-order valence-corrected chi connectivity index (χ4v) is 3.64. The number of aryl methyl sites for hydroxylation is 1. The lowest BCUT2D eigenvalue weighted by molar-refractivity contribution is 0.0997. The Hall–Kier alpha value is -2.67. The minimum absolute atomic E-state index is 0.0179. The van der Waals surface area contributed by atoms with Crippen LogP contribution in [0.1, 0.15) is 23.0 Å². The summed E-state index contributed by atoms with van der Waals surface area (Å²) in [6.07, 6.45) is 0. The topological polar surface area (TPSA) is 76.4 Å². The summed E-state index contributed by atoms with van der Waals surface area (Å²) in [6, 6.07) is 10.2. The van der Waals surface area contributed by atoms with Gasteiger partial charge in [-0.1, -0.05) is 19.1 Å². The van der Waals surface area contributed by atoms with Crippen LogP contribution in [0, 0.1) is 12.7 Å². The molecule has 0 fully saturated rings. The van der Waals surface area contributed by atoms with Crippen molar-refractivity contribution in [2.24, 2.45) is 0 Å². The van der Waals surface area contributed by atoms with E-state index in [0.717, 1.165) is 0 Å². The van der Waals surface area contributed by atoms with E-state index in [2.05, 4.69) is 5.32 Å². The Balaban J connectivity index is 2.01. The molecule has 0 aliphatic rings. The number of hydrogen-bond donors (Lipinski definition) is 1. The third-order valence-corrected chi connectivity index (χ3v) is 5.74. The highest BCUT2D eigenvalue weighted by molar-refractivity contribution is 7.91. The standard InChI is InChI=1S/C18H16FNO4S/c1-3-25(22,23)16-7-5-4-6-14(16)20-18(21)17-11(2)13-10-12(19)8-9-15(13)24-17/h4-10H,3H2,1-2H3,(H,20,21). The smallest absolute Gasteiger partial charge is 0.291 e. The van der Waals surface area contributed by atoms with E-state index in [4.69, 9.17) is 4.42 Å². The van der Waals surface area contributed by atoms with Gasteiger partial charge in [0, 0.05) is 10.9 Å². The first-order valence-corrected chi connectivity index (χ1v) is 9.30. The van der Waals surface area contributed by atoms with Crippen molar-refractivity contribution < 1.29 is 22.0 Å². The summed E-state index contributed by atoms with van der Waals surface area (Å²) in [7, 11) is -3.49. The summed E-state index contributed by atoms with van der Waals surface area (Å²) in [5, 5.41) is 3.08. The molecule has 7 heteroatoms. The maximum absolute atomic E-state index is 13.4. The number of anilines is 1. The van der Waals surface area contributed by atoms with Crippen molar-refractivity contribution in [1.29, 1.82) is 0 Å². The van der Waals surface area contributed by atoms with Crippen LogP contribution in [0.3, 0.4) is 0 Å². The highest BCUT2D eigenvalue weighted by Crippen LogP contribution is 2.28. The predicted molar refractivity (Wildman–Crippen MR) is 93.0 cm³/mol. The molecule has 3 aromatic rings. The Bertz CT molecular complexity index is 1070. The van der Waals surface area contributed by atoms with Crippen LogP contribution in [0.4, 0.5) is 10.1 Å². The van der Waals surface area contributed by atoms with E-state index in [-0.39, 0.29) is 22.1 Å². The van der Waals surface area contributed by atoms with E-state index < -0.39 is 21.6 Å². The van der Waals surface area contributed by atoms with Gasteiger partial charge in [-0.15, -0.1) is 0 Å². The molecule has 0 atom stereocenters. The molecule has 2 aromatic carbocycles. The number of carbonyl (C=O) groups excluding carboxylic acids is 1. The van der Waals surface area contributed by atoms with Crippen molar-refractivity contribution in [3.8, 4) is 0 Å². The van der Waals surface area contributed by atoms with Gasteiger partial charge in [0.2, 0.25) is 0 Å². The molecule has 130 valence electrons. The summed E-state index contributed by atoms with van der Waals surface area (Å²) in [5.74, 6) is -1.08. The van der Waals surface area contributed by atoms with Crippen LogP contribution in [0.2, 0.25) is 0 Å². The second-order valence-electron chi connectivity index (χ2n) is 5.55. The Morgan fingerprint density at radius 1 is 1.20 bits per heavy atom. The van der Waals surface area contributed by atoms with Crippen molar-refractivity contribution in [2.75, 3.05) is 11.1 Å². The van der Waals surface area contributed by atoms with Crippen LogP contribution in [0.25, 0.3) is 11.0 Å². The Morgan fingerprint density at radius 2 is 1.92 bits per heavy atom. The number of rotatable bonds is 4. The summed E-state index contributed by atoms with van der Waals surface area (Å²) in [4.78, 5) is 12.6. The second kappa shape index (κ2) is 6.33. The monoisotopic (exact) mass is 361 g/mol. The van der Waals surface area contributed by atoms with Gasteiger partial charge in [0.1, 0.15) is 11.4 Å².